The highest BCUT2D eigenvalue weighted by molar-refractivity contribution is 7.10. The molecule has 6 heteroatoms. The number of carbonyl (C=O) groups excluding carboxylic acids is 1. The van der Waals surface area contributed by atoms with Crippen molar-refractivity contribution >= 4 is 28.2 Å². The van der Waals surface area contributed by atoms with Gasteiger partial charge in [0.05, 0.1) is 6.04 Å². The molecule has 1 unspecified atom stereocenters. The Morgan fingerprint density at radius 2 is 2.04 bits per heavy atom. The van der Waals surface area contributed by atoms with E-state index in [-0.39, 0.29) is 24.0 Å². The Labute approximate surface area is 169 Å². The molecule has 0 fully saturated rings. The molecule has 1 amide bonds. The molecule has 0 saturated heterocycles. The van der Waals surface area contributed by atoms with E-state index in [4.69, 9.17) is 4.42 Å². The number of benzene rings is 1. The van der Waals surface area contributed by atoms with Crippen LogP contribution in [0.2, 0.25) is 0 Å². The minimum absolute atomic E-state index is 0.0637. The molecular formula is C22H26N2O3S. The summed E-state index contributed by atoms with van der Waals surface area (Å²) in [5.41, 5.74) is 2.76. The van der Waals surface area contributed by atoms with Gasteiger partial charge in [0.25, 0.3) is 0 Å². The molecule has 3 aromatic rings. The molecule has 1 atom stereocenters. The van der Waals surface area contributed by atoms with E-state index in [0.29, 0.717) is 24.1 Å². The van der Waals surface area contributed by atoms with E-state index in [2.05, 4.69) is 16.3 Å². The maximum Gasteiger partial charge on any atom is 0.339 e. The van der Waals surface area contributed by atoms with Crippen molar-refractivity contribution in [3.63, 3.8) is 0 Å². The van der Waals surface area contributed by atoms with Crippen molar-refractivity contribution in [3.05, 3.63) is 67.7 Å². The molecule has 0 bridgehead atoms. The number of hydrogen-bond donors (Lipinski definition) is 1. The van der Waals surface area contributed by atoms with Crippen molar-refractivity contribution in [1.82, 2.24) is 10.2 Å². The van der Waals surface area contributed by atoms with Crippen molar-refractivity contribution in [2.75, 3.05) is 20.6 Å². The summed E-state index contributed by atoms with van der Waals surface area (Å²) in [6, 6.07) is 10.1. The van der Waals surface area contributed by atoms with Gasteiger partial charge in [0, 0.05) is 28.8 Å². The molecule has 28 heavy (non-hydrogen) atoms. The summed E-state index contributed by atoms with van der Waals surface area (Å²) < 4.78 is 5.47. The van der Waals surface area contributed by atoms with Gasteiger partial charge in [-0.2, -0.15) is 0 Å². The topological polar surface area (TPSA) is 62.6 Å². The molecule has 2 heterocycles. The lowest BCUT2D eigenvalue weighted by Crippen LogP contribution is -2.34. The Balaban J connectivity index is 1.66. The first kappa shape index (κ1) is 20.3. The Hall–Kier alpha value is -2.44. The van der Waals surface area contributed by atoms with E-state index < -0.39 is 0 Å². The van der Waals surface area contributed by atoms with Crippen molar-refractivity contribution in [1.29, 1.82) is 0 Å². The zero-order chi connectivity index (χ0) is 20.3. The summed E-state index contributed by atoms with van der Waals surface area (Å²) in [7, 11) is 4.00. The second-order valence-corrected chi connectivity index (χ2v) is 8.27. The lowest BCUT2D eigenvalue weighted by atomic mass is 10.0. The zero-order valence-corrected chi connectivity index (χ0v) is 17.6. The van der Waals surface area contributed by atoms with Gasteiger partial charge in [-0.25, -0.2) is 4.79 Å². The molecule has 5 nitrogen and oxygen atoms in total. The molecule has 0 spiro atoms. The Morgan fingerprint density at radius 3 is 2.71 bits per heavy atom. The fourth-order valence-electron chi connectivity index (χ4n) is 3.35. The summed E-state index contributed by atoms with van der Waals surface area (Å²) in [6.07, 6.45) is 0.628. The quantitative estimate of drug-likeness (QED) is 0.615. The van der Waals surface area contributed by atoms with Gasteiger partial charge in [0.15, 0.2) is 0 Å². The predicted molar refractivity (Wildman–Crippen MR) is 114 cm³/mol. The van der Waals surface area contributed by atoms with Crippen LogP contribution >= 0.6 is 11.3 Å². The van der Waals surface area contributed by atoms with Gasteiger partial charge in [0.2, 0.25) is 5.91 Å². The number of carbonyl (C=O) groups is 1. The van der Waals surface area contributed by atoms with Crippen molar-refractivity contribution in [3.8, 4) is 0 Å². The van der Waals surface area contributed by atoms with Gasteiger partial charge in [-0.15, -0.1) is 11.3 Å². The molecule has 0 radical (unpaired) electrons. The average molecular weight is 399 g/mol. The van der Waals surface area contributed by atoms with Crippen LogP contribution in [0, 0.1) is 13.8 Å². The molecular weight excluding hydrogens is 372 g/mol. The molecule has 148 valence electrons. The Bertz CT molecular complexity index is 1020. The fraction of sp³-hybridized carbons (Fsp3) is 0.364. The number of nitrogens with one attached hydrogen (secondary N) is 1. The van der Waals surface area contributed by atoms with Crippen molar-refractivity contribution in [2.45, 2.75) is 32.7 Å². The first-order valence-corrected chi connectivity index (χ1v) is 10.2. The van der Waals surface area contributed by atoms with Crippen LogP contribution in [0.5, 0.6) is 0 Å². The second-order valence-electron chi connectivity index (χ2n) is 7.29. The minimum Gasteiger partial charge on any atom is -0.423 e. The van der Waals surface area contributed by atoms with Crippen molar-refractivity contribution < 1.29 is 9.21 Å². The predicted octanol–water partition coefficient (Wildman–Crippen LogP) is 3.82. The number of rotatable bonds is 7. The largest absolute Gasteiger partial charge is 0.423 e. The smallest absolute Gasteiger partial charge is 0.339 e. The van der Waals surface area contributed by atoms with Gasteiger partial charge in [0.1, 0.15) is 5.58 Å². The Kier molecular flexibility index (Phi) is 6.31. The average Bonchev–Trinajstić information content (AvgIpc) is 3.15. The van der Waals surface area contributed by atoms with Gasteiger partial charge in [-0.1, -0.05) is 18.2 Å². The molecule has 0 aliphatic heterocycles. The number of aryl methyl sites for hydroxylation is 2. The Morgan fingerprint density at radius 1 is 1.25 bits per heavy atom. The van der Waals surface area contributed by atoms with E-state index >= 15 is 0 Å². The van der Waals surface area contributed by atoms with E-state index in [1.54, 1.807) is 11.3 Å². The summed E-state index contributed by atoms with van der Waals surface area (Å²) in [4.78, 5) is 28.1. The lowest BCUT2D eigenvalue weighted by molar-refractivity contribution is -0.121. The number of nitrogens with zero attached hydrogens (tertiary/aromatic N) is 1. The number of amides is 1. The van der Waals surface area contributed by atoms with Crippen molar-refractivity contribution in [2.24, 2.45) is 0 Å². The van der Waals surface area contributed by atoms with Gasteiger partial charge in [-0.05, 0) is 63.0 Å². The summed E-state index contributed by atoms with van der Waals surface area (Å²) in [5.74, 6) is -0.0637. The van der Waals surface area contributed by atoms with Crippen LogP contribution in [0.3, 0.4) is 0 Å². The standard InChI is InChI=1S/C22H26N2O3S/c1-14-7-8-16-15(2)17(22(26)27-19(16)12-14)9-10-21(25)23-13-18(24(3)4)20-6-5-11-28-20/h5-8,11-12,18H,9-10,13H2,1-4H3,(H,23,25). The van der Waals surface area contributed by atoms with Crippen LogP contribution in [-0.2, 0) is 11.2 Å². The molecule has 0 aliphatic carbocycles. The summed E-state index contributed by atoms with van der Waals surface area (Å²) in [5, 5.41) is 5.96. The molecule has 0 saturated carbocycles. The second kappa shape index (κ2) is 8.71. The van der Waals surface area contributed by atoms with Gasteiger partial charge < -0.3 is 14.6 Å². The van der Waals surface area contributed by atoms with Gasteiger partial charge >= 0.3 is 5.63 Å². The van der Waals surface area contributed by atoms with Crippen LogP contribution in [0.25, 0.3) is 11.0 Å². The SMILES string of the molecule is Cc1ccc2c(C)c(CCC(=O)NCC(c3cccs3)N(C)C)c(=O)oc2c1. The monoisotopic (exact) mass is 398 g/mol. The maximum atomic E-state index is 12.4. The first-order chi connectivity index (χ1) is 13.4. The van der Waals surface area contributed by atoms with E-state index in [1.807, 2.05) is 57.6 Å². The highest BCUT2D eigenvalue weighted by Gasteiger charge is 2.17. The van der Waals surface area contributed by atoms with Crippen LogP contribution in [-0.4, -0.2) is 31.4 Å². The number of fused-ring (bicyclic) bond motifs is 1. The maximum absolute atomic E-state index is 12.4. The number of thiophene rings is 1. The van der Waals surface area contributed by atoms with Crippen LogP contribution in [0.15, 0.2) is 44.9 Å². The van der Waals surface area contributed by atoms with E-state index in [0.717, 1.165) is 16.5 Å². The fourth-order valence-corrected chi connectivity index (χ4v) is 4.27. The van der Waals surface area contributed by atoms with Crippen LogP contribution in [0.1, 0.15) is 34.0 Å². The number of likely N-dealkylation sites (N-methyl/N-ethyl adjacent to an activating group) is 1. The highest BCUT2D eigenvalue weighted by Crippen LogP contribution is 2.23. The normalized spacial score (nSPS) is 12.5. The third-order valence-electron chi connectivity index (χ3n) is 5.03. The van der Waals surface area contributed by atoms with Crippen LogP contribution in [0.4, 0.5) is 0 Å². The van der Waals surface area contributed by atoms with Crippen LogP contribution < -0.4 is 10.9 Å². The zero-order valence-electron chi connectivity index (χ0n) is 16.7. The van der Waals surface area contributed by atoms with E-state index in [9.17, 15) is 9.59 Å². The lowest BCUT2D eigenvalue weighted by Gasteiger charge is -2.23. The third-order valence-corrected chi connectivity index (χ3v) is 6.01. The third kappa shape index (κ3) is 4.51. The van der Waals surface area contributed by atoms with E-state index in [1.165, 1.54) is 4.88 Å². The summed E-state index contributed by atoms with van der Waals surface area (Å²) >= 11 is 1.68. The molecule has 2 aromatic heterocycles. The minimum atomic E-state index is -0.354. The summed E-state index contributed by atoms with van der Waals surface area (Å²) in [6.45, 7) is 4.42. The van der Waals surface area contributed by atoms with Gasteiger partial charge in [-0.3, -0.25) is 4.79 Å². The number of hydrogen-bond acceptors (Lipinski definition) is 5. The highest BCUT2D eigenvalue weighted by atomic mass is 32.1. The molecule has 1 N–H and O–H groups in total. The molecule has 0 aliphatic rings. The molecule has 1 aromatic carbocycles. The molecule has 3 rings (SSSR count). The first-order valence-electron chi connectivity index (χ1n) is 9.36.